The number of hydrogen-bond acceptors (Lipinski definition) is 3. The topological polar surface area (TPSA) is 38.5 Å². The van der Waals surface area contributed by atoms with Crippen LogP contribution >= 0.6 is 0 Å². The van der Waals surface area contributed by atoms with Gasteiger partial charge in [-0.15, -0.1) is 0 Å². The van der Waals surface area contributed by atoms with Crippen LogP contribution in [-0.4, -0.2) is 43.8 Å². The average molecular weight is 200 g/mol. The molecule has 0 radical (unpaired) electrons. The molecule has 2 N–H and O–H groups in total. The fourth-order valence-corrected chi connectivity index (χ4v) is 1.94. The molecule has 0 aromatic heterocycles. The van der Waals surface area contributed by atoms with E-state index in [4.69, 9.17) is 10.5 Å². The second-order valence-electron chi connectivity index (χ2n) is 4.24. The van der Waals surface area contributed by atoms with Gasteiger partial charge in [-0.2, -0.15) is 0 Å². The molecule has 1 aliphatic rings. The molecule has 3 heteroatoms. The lowest BCUT2D eigenvalue weighted by Crippen LogP contribution is -2.37. The predicted octanol–water partition coefficient (Wildman–Crippen LogP) is 1.22. The van der Waals surface area contributed by atoms with E-state index in [0.717, 1.165) is 32.2 Å². The maximum atomic E-state index is 5.53. The third kappa shape index (κ3) is 3.95. The Bertz CT molecular complexity index is 148. The van der Waals surface area contributed by atoms with Crippen molar-refractivity contribution in [1.82, 2.24) is 4.90 Å². The highest BCUT2D eigenvalue weighted by Crippen LogP contribution is 2.29. The summed E-state index contributed by atoms with van der Waals surface area (Å²) in [4.78, 5) is 2.58. The molecule has 0 spiro atoms. The van der Waals surface area contributed by atoms with Gasteiger partial charge in [-0.05, 0) is 39.2 Å². The largest absolute Gasteiger partial charge is 0.383 e. The van der Waals surface area contributed by atoms with Gasteiger partial charge in [0.05, 0.1) is 6.61 Å². The highest BCUT2D eigenvalue weighted by molar-refractivity contribution is 4.87. The van der Waals surface area contributed by atoms with Gasteiger partial charge in [0.25, 0.3) is 0 Å². The molecule has 1 unspecified atom stereocenters. The lowest BCUT2D eigenvalue weighted by atomic mass is 10.1. The first-order chi connectivity index (χ1) is 6.79. The Hall–Kier alpha value is -0.120. The van der Waals surface area contributed by atoms with E-state index < -0.39 is 0 Å². The Morgan fingerprint density at radius 2 is 2.21 bits per heavy atom. The smallest absolute Gasteiger partial charge is 0.0589 e. The van der Waals surface area contributed by atoms with Crippen LogP contribution < -0.4 is 5.73 Å². The van der Waals surface area contributed by atoms with Crippen LogP contribution in [0, 0.1) is 0 Å². The molecular formula is C11H24N2O. The van der Waals surface area contributed by atoms with Crippen molar-refractivity contribution >= 4 is 0 Å². The van der Waals surface area contributed by atoms with Crippen LogP contribution in [0.5, 0.6) is 0 Å². The minimum atomic E-state index is 0.668. The number of methoxy groups -OCH3 is 1. The molecule has 0 aromatic carbocycles. The number of rotatable bonds is 8. The Morgan fingerprint density at radius 1 is 1.50 bits per heavy atom. The average Bonchev–Trinajstić information content (AvgIpc) is 2.99. The van der Waals surface area contributed by atoms with Crippen molar-refractivity contribution in [1.29, 1.82) is 0 Å². The fraction of sp³-hybridized carbons (Fsp3) is 1.00. The first-order valence-electron chi connectivity index (χ1n) is 5.74. The van der Waals surface area contributed by atoms with Crippen LogP contribution in [0.25, 0.3) is 0 Å². The van der Waals surface area contributed by atoms with Crippen molar-refractivity contribution < 1.29 is 4.74 Å². The van der Waals surface area contributed by atoms with Crippen molar-refractivity contribution in [2.24, 2.45) is 5.73 Å². The molecule has 0 aromatic rings. The van der Waals surface area contributed by atoms with Crippen molar-refractivity contribution in [3.05, 3.63) is 0 Å². The minimum absolute atomic E-state index is 0.668. The molecule has 1 fully saturated rings. The molecule has 1 aliphatic carbocycles. The summed E-state index contributed by atoms with van der Waals surface area (Å²) in [5, 5.41) is 0. The normalized spacial score (nSPS) is 18.9. The first kappa shape index (κ1) is 12.0. The van der Waals surface area contributed by atoms with Crippen LogP contribution in [0.3, 0.4) is 0 Å². The fourth-order valence-electron chi connectivity index (χ4n) is 1.94. The Balaban J connectivity index is 2.24. The summed E-state index contributed by atoms with van der Waals surface area (Å²) < 4.78 is 5.14. The van der Waals surface area contributed by atoms with Crippen molar-refractivity contribution in [3.8, 4) is 0 Å². The minimum Gasteiger partial charge on any atom is -0.383 e. The second kappa shape index (κ2) is 6.38. The SMILES string of the molecule is COCCN(C(C)CCCN)C1CC1. The summed E-state index contributed by atoms with van der Waals surface area (Å²) in [5.74, 6) is 0. The Morgan fingerprint density at radius 3 is 2.71 bits per heavy atom. The van der Waals surface area contributed by atoms with Crippen LogP contribution in [-0.2, 0) is 4.74 Å². The molecule has 0 heterocycles. The lowest BCUT2D eigenvalue weighted by molar-refractivity contribution is 0.115. The molecule has 0 aliphatic heterocycles. The number of hydrogen-bond donors (Lipinski definition) is 1. The monoisotopic (exact) mass is 200 g/mol. The number of ether oxygens (including phenoxy) is 1. The van der Waals surface area contributed by atoms with Gasteiger partial charge in [0, 0.05) is 25.7 Å². The number of nitrogens with two attached hydrogens (primary N) is 1. The van der Waals surface area contributed by atoms with Gasteiger partial charge in [-0.3, -0.25) is 4.90 Å². The predicted molar refractivity (Wildman–Crippen MR) is 59.4 cm³/mol. The first-order valence-corrected chi connectivity index (χ1v) is 5.74. The maximum absolute atomic E-state index is 5.53. The van der Waals surface area contributed by atoms with Crippen molar-refractivity contribution in [2.45, 2.75) is 44.7 Å². The third-order valence-electron chi connectivity index (χ3n) is 2.96. The van der Waals surface area contributed by atoms with Crippen LogP contribution in [0.2, 0.25) is 0 Å². The van der Waals surface area contributed by atoms with Crippen molar-refractivity contribution in [2.75, 3.05) is 26.8 Å². The van der Waals surface area contributed by atoms with Gasteiger partial charge in [0.1, 0.15) is 0 Å². The maximum Gasteiger partial charge on any atom is 0.0589 e. The molecule has 0 bridgehead atoms. The molecule has 3 nitrogen and oxygen atoms in total. The van der Waals surface area contributed by atoms with Crippen LogP contribution in [0.15, 0.2) is 0 Å². The summed E-state index contributed by atoms with van der Waals surface area (Å²) in [7, 11) is 1.77. The summed E-state index contributed by atoms with van der Waals surface area (Å²) >= 11 is 0. The standard InChI is InChI=1S/C11H24N2O/c1-10(4-3-7-12)13(8-9-14-2)11-5-6-11/h10-11H,3-9,12H2,1-2H3. The Kier molecular flexibility index (Phi) is 5.45. The van der Waals surface area contributed by atoms with E-state index in [1.165, 1.54) is 19.3 Å². The van der Waals surface area contributed by atoms with Gasteiger partial charge in [0.2, 0.25) is 0 Å². The van der Waals surface area contributed by atoms with Gasteiger partial charge in [-0.25, -0.2) is 0 Å². The summed E-state index contributed by atoms with van der Waals surface area (Å²) in [6.07, 6.45) is 5.10. The van der Waals surface area contributed by atoms with Crippen LogP contribution in [0.4, 0.5) is 0 Å². The third-order valence-corrected chi connectivity index (χ3v) is 2.96. The van der Waals surface area contributed by atoms with Gasteiger partial charge in [-0.1, -0.05) is 0 Å². The van der Waals surface area contributed by atoms with E-state index in [1.807, 2.05) is 0 Å². The molecular weight excluding hydrogens is 176 g/mol. The highest BCUT2D eigenvalue weighted by atomic mass is 16.5. The molecule has 1 atom stereocenters. The van der Waals surface area contributed by atoms with E-state index >= 15 is 0 Å². The van der Waals surface area contributed by atoms with Gasteiger partial charge < -0.3 is 10.5 Å². The van der Waals surface area contributed by atoms with Crippen LogP contribution in [0.1, 0.15) is 32.6 Å². The second-order valence-corrected chi connectivity index (χ2v) is 4.24. The van der Waals surface area contributed by atoms with E-state index in [2.05, 4.69) is 11.8 Å². The zero-order chi connectivity index (χ0) is 10.4. The van der Waals surface area contributed by atoms with Gasteiger partial charge in [0.15, 0.2) is 0 Å². The zero-order valence-electron chi connectivity index (χ0n) is 9.54. The van der Waals surface area contributed by atoms with Crippen molar-refractivity contribution in [3.63, 3.8) is 0 Å². The molecule has 1 saturated carbocycles. The molecule has 0 saturated heterocycles. The summed E-state index contributed by atoms with van der Waals surface area (Å²) in [6.45, 7) is 5.05. The molecule has 1 rings (SSSR count). The Labute approximate surface area is 87.6 Å². The quantitative estimate of drug-likeness (QED) is 0.640. The van der Waals surface area contributed by atoms with E-state index in [-0.39, 0.29) is 0 Å². The molecule has 84 valence electrons. The molecule has 0 amide bonds. The lowest BCUT2D eigenvalue weighted by Gasteiger charge is -2.28. The van der Waals surface area contributed by atoms with E-state index in [0.29, 0.717) is 6.04 Å². The zero-order valence-corrected chi connectivity index (χ0v) is 9.54. The highest BCUT2D eigenvalue weighted by Gasteiger charge is 2.31. The summed E-state index contributed by atoms with van der Waals surface area (Å²) in [6, 6.07) is 1.50. The summed E-state index contributed by atoms with van der Waals surface area (Å²) in [5.41, 5.74) is 5.53. The van der Waals surface area contributed by atoms with E-state index in [9.17, 15) is 0 Å². The van der Waals surface area contributed by atoms with E-state index in [1.54, 1.807) is 7.11 Å². The molecule has 14 heavy (non-hydrogen) atoms. The number of nitrogens with zero attached hydrogens (tertiary/aromatic N) is 1. The van der Waals surface area contributed by atoms with Gasteiger partial charge >= 0.3 is 0 Å².